The number of carbonyl (C=O) groups excluding carboxylic acids is 1. The standard InChI is InChI=1S/C15H20N2O3/c1-2-6-15(14(19)20)7-10-17(11-8-15)13(18)12-5-3-4-9-16-12/h3-5,9H,2,6-8,10-11H2,1H3,(H,19,20). The summed E-state index contributed by atoms with van der Waals surface area (Å²) in [4.78, 5) is 29.5. The Morgan fingerprint density at radius 1 is 1.35 bits per heavy atom. The molecule has 1 fully saturated rings. The van der Waals surface area contributed by atoms with Crippen LogP contribution in [0, 0.1) is 5.41 Å². The molecule has 0 radical (unpaired) electrons. The van der Waals surface area contributed by atoms with E-state index in [-0.39, 0.29) is 5.91 Å². The van der Waals surface area contributed by atoms with E-state index >= 15 is 0 Å². The van der Waals surface area contributed by atoms with Crippen LogP contribution in [0.4, 0.5) is 0 Å². The minimum Gasteiger partial charge on any atom is -0.481 e. The van der Waals surface area contributed by atoms with Crippen molar-refractivity contribution >= 4 is 11.9 Å². The summed E-state index contributed by atoms with van der Waals surface area (Å²) in [5, 5.41) is 9.45. The highest BCUT2D eigenvalue weighted by Gasteiger charge is 2.41. The van der Waals surface area contributed by atoms with Gasteiger partial charge in [-0.15, -0.1) is 0 Å². The van der Waals surface area contributed by atoms with E-state index < -0.39 is 11.4 Å². The predicted molar refractivity (Wildman–Crippen MR) is 74.4 cm³/mol. The Labute approximate surface area is 118 Å². The van der Waals surface area contributed by atoms with Gasteiger partial charge in [0.15, 0.2) is 0 Å². The Balaban J connectivity index is 2.04. The van der Waals surface area contributed by atoms with Crippen LogP contribution < -0.4 is 0 Å². The number of carboxylic acid groups (broad SMARTS) is 1. The Hall–Kier alpha value is -1.91. The molecular formula is C15H20N2O3. The van der Waals surface area contributed by atoms with Crippen LogP contribution in [0.3, 0.4) is 0 Å². The molecule has 1 saturated heterocycles. The van der Waals surface area contributed by atoms with Gasteiger partial charge in [-0.3, -0.25) is 14.6 Å². The van der Waals surface area contributed by atoms with Crippen LogP contribution in [0.2, 0.25) is 0 Å². The van der Waals surface area contributed by atoms with Crippen LogP contribution in [0.25, 0.3) is 0 Å². The fraction of sp³-hybridized carbons (Fsp3) is 0.533. The molecule has 0 unspecified atom stereocenters. The number of aromatic nitrogens is 1. The molecule has 20 heavy (non-hydrogen) atoms. The van der Waals surface area contributed by atoms with Crippen molar-refractivity contribution in [3.8, 4) is 0 Å². The summed E-state index contributed by atoms with van der Waals surface area (Å²) in [6.07, 6.45) is 4.16. The number of hydrogen-bond acceptors (Lipinski definition) is 3. The predicted octanol–water partition coefficient (Wildman–Crippen LogP) is 2.19. The van der Waals surface area contributed by atoms with Crippen LogP contribution in [0.1, 0.15) is 43.1 Å². The van der Waals surface area contributed by atoms with Crippen molar-refractivity contribution in [3.05, 3.63) is 30.1 Å². The highest BCUT2D eigenvalue weighted by molar-refractivity contribution is 5.92. The first-order valence-corrected chi connectivity index (χ1v) is 7.03. The van der Waals surface area contributed by atoms with E-state index in [1.54, 1.807) is 29.3 Å². The molecule has 1 aliphatic heterocycles. The van der Waals surface area contributed by atoms with Crippen LogP contribution in [-0.2, 0) is 4.79 Å². The highest BCUT2D eigenvalue weighted by atomic mass is 16.4. The molecule has 0 atom stereocenters. The second-order valence-corrected chi connectivity index (χ2v) is 5.34. The van der Waals surface area contributed by atoms with E-state index in [4.69, 9.17) is 0 Å². The van der Waals surface area contributed by atoms with E-state index in [9.17, 15) is 14.7 Å². The molecule has 0 saturated carbocycles. The molecule has 1 aromatic heterocycles. The van der Waals surface area contributed by atoms with Crippen molar-refractivity contribution in [3.63, 3.8) is 0 Å². The molecule has 1 N–H and O–H groups in total. The molecule has 1 aromatic rings. The number of aliphatic carboxylic acids is 1. The number of nitrogens with zero attached hydrogens (tertiary/aromatic N) is 2. The van der Waals surface area contributed by atoms with Crippen molar-refractivity contribution < 1.29 is 14.7 Å². The molecule has 2 rings (SSSR count). The maximum Gasteiger partial charge on any atom is 0.309 e. The molecule has 1 aliphatic rings. The molecule has 108 valence electrons. The van der Waals surface area contributed by atoms with Crippen LogP contribution in [-0.4, -0.2) is 40.0 Å². The minimum absolute atomic E-state index is 0.110. The number of amides is 1. The molecule has 0 bridgehead atoms. The van der Waals surface area contributed by atoms with Crippen molar-refractivity contribution in [2.75, 3.05) is 13.1 Å². The number of carbonyl (C=O) groups is 2. The maximum atomic E-state index is 12.3. The first-order valence-electron chi connectivity index (χ1n) is 7.03. The van der Waals surface area contributed by atoms with E-state index in [1.807, 2.05) is 6.92 Å². The minimum atomic E-state index is -0.732. The fourth-order valence-electron chi connectivity index (χ4n) is 2.84. The molecule has 1 amide bonds. The maximum absolute atomic E-state index is 12.3. The molecule has 2 heterocycles. The third-order valence-corrected chi connectivity index (χ3v) is 4.07. The number of piperidine rings is 1. The second-order valence-electron chi connectivity index (χ2n) is 5.34. The van der Waals surface area contributed by atoms with Gasteiger partial charge >= 0.3 is 5.97 Å². The summed E-state index contributed by atoms with van der Waals surface area (Å²) in [6, 6.07) is 5.24. The van der Waals surface area contributed by atoms with Gasteiger partial charge in [0.25, 0.3) is 5.91 Å². The lowest BCUT2D eigenvalue weighted by molar-refractivity contribution is -0.152. The third-order valence-electron chi connectivity index (χ3n) is 4.07. The van der Waals surface area contributed by atoms with Gasteiger partial charge in [0.05, 0.1) is 5.41 Å². The van der Waals surface area contributed by atoms with Crippen molar-refractivity contribution in [2.24, 2.45) is 5.41 Å². The van der Waals surface area contributed by atoms with Crippen LogP contribution in [0.5, 0.6) is 0 Å². The summed E-state index contributed by atoms with van der Waals surface area (Å²) in [5.74, 6) is -0.842. The van der Waals surface area contributed by atoms with Crippen molar-refractivity contribution in [2.45, 2.75) is 32.6 Å². The number of rotatable bonds is 4. The highest BCUT2D eigenvalue weighted by Crippen LogP contribution is 2.36. The van der Waals surface area contributed by atoms with Crippen molar-refractivity contribution in [1.82, 2.24) is 9.88 Å². The van der Waals surface area contributed by atoms with E-state index in [0.29, 0.717) is 38.0 Å². The second kappa shape index (κ2) is 6.03. The molecule has 5 nitrogen and oxygen atoms in total. The summed E-state index contributed by atoms with van der Waals surface area (Å²) in [6.45, 7) is 2.97. The van der Waals surface area contributed by atoms with Crippen LogP contribution in [0.15, 0.2) is 24.4 Å². The first-order chi connectivity index (χ1) is 9.59. The largest absolute Gasteiger partial charge is 0.481 e. The molecule has 0 aromatic carbocycles. The topological polar surface area (TPSA) is 70.5 Å². The number of hydrogen-bond donors (Lipinski definition) is 1. The Kier molecular flexibility index (Phi) is 4.37. The molecule has 5 heteroatoms. The molecule has 0 aliphatic carbocycles. The quantitative estimate of drug-likeness (QED) is 0.915. The normalized spacial score (nSPS) is 17.8. The number of pyridine rings is 1. The zero-order valence-corrected chi connectivity index (χ0v) is 11.7. The lowest BCUT2D eigenvalue weighted by atomic mass is 9.75. The third kappa shape index (κ3) is 2.81. The van der Waals surface area contributed by atoms with Gasteiger partial charge in [0.1, 0.15) is 5.69 Å². The lowest BCUT2D eigenvalue weighted by Gasteiger charge is -2.38. The summed E-state index contributed by atoms with van der Waals surface area (Å²) < 4.78 is 0. The average molecular weight is 276 g/mol. The molecule has 0 spiro atoms. The van der Waals surface area contributed by atoms with Gasteiger partial charge in [0.2, 0.25) is 0 Å². The SMILES string of the molecule is CCCC1(C(=O)O)CCN(C(=O)c2ccccn2)CC1. The Morgan fingerprint density at radius 3 is 2.55 bits per heavy atom. The summed E-state index contributed by atoms with van der Waals surface area (Å²) in [7, 11) is 0. The lowest BCUT2D eigenvalue weighted by Crippen LogP contribution is -2.46. The summed E-state index contributed by atoms with van der Waals surface area (Å²) in [5.41, 5.74) is -0.235. The monoisotopic (exact) mass is 276 g/mol. The Bertz CT molecular complexity index is 479. The van der Waals surface area contributed by atoms with E-state index in [2.05, 4.69) is 4.98 Å². The summed E-state index contributed by atoms with van der Waals surface area (Å²) >= 11 is 0. The zero-order chi connectivity index (χ0) is 14.6. The average Bonchev–Trinajstić information content (AvgIpc) is 2.48. The molecular weight excluding hydrogens is 256 g/mol. The fourth-order valence-corrected chi connectivity index (χ4v) is 2.84. The van der Waals surface area contributed by atoms with Gasteiger partial charge in [0, 0.05) is 19.3 Å². The van der Waals surface area contributed by atoms with Gasteiger partial charge in [-0.2, -0.15) is 0 Å². The zero-order valence-electron chi connectivity index (χ0n) is 11.7. The number of likely N-dealkylation sites (tertiary alicyclic amines) is 1. The van der Waals surface area contributed by atoms with Crippen molar-refractivity contribution in [1.29, 1.82) is 0 Å². The smallest absolute Gasteiger partial charge is 0.309 e. The van der Waals surface area contributed by atoms with E-state index in [1.165, 1.54) is 0 Å². The van der Waals surface area contributed by atoms with Gasteiger partial charge in [-0.25, -0.2) is 0 Å². The first kappa shape index (κ1) is 14.5. The van der Waals surface area contributed by atoms with Gasteiger partial charge in [-0.05, 0) is 31.4 Å². The van der Waals surface area contributed by atoms with E-state index in [0.717, 1.165) is 6.42 Å². The Morgan fingerprint density at radius 2 is 2.05 bits per heavy atom. The van der Waals surface area contributed by atoms with Gasteiger partial charge < -0.3 is 10.0 Å². The number of carboxylic acids is 1. The van der Waals surface area contributed by atoms with Gasteiger partial charge in [-0.1, -0.05) is 19.4 Å². The van der Waals surface area contributed by atoms with Crippen LogP contribution >= 0.6 is 0 Å².